The SMILES string of the molecule is CC(CCc1ccccc1)NC(=O)c1cc2cc(Cl)ccc2[nH]1. The fourth-order valence-electron chi connectivity index (χ4n) is 2.63. The molecule has 0 radical (unpaired) electrons. The Bertz CT molecular complexity index is 811. The standard InChI is InChI=1S/C19H19ClN2O/c1-13(7-8-14-5-3-2-4-6-14)21-19(23)18-12-15-11-16(20)9-10-17(15)22-18/h2-6,9-13,22H,7-8H2,1H3,(H,21,23). The van der Waals surface area contributed by atoms with Crippen molar-refractivity contribution in [2.24, 2.45) is 0 Å². The van der Waals surface area contributed by atoms with Crippen molar-refractivity contribution in [1.82, 2.24) is 10.3 Å². The van der Waals surface area contributed by atoms with Crippen LogP contribution in [-0.4, -0.2) is 16.9 Å². The molecule has 4 heteroatoms. The van der Waals surface area contributed by atoms with Gasteiger partial charge in [0.1, 0.15) is 5.69 Å². The summed E-state index contributed by atoms with van der Waals surface area (Å²) in [5.74, 6) is -0.0853. The number of carbonyl (C=O) groups excluding carboxylic acids is 1. The Balaban J connectivity index is 1.61. The Morgan fingerprint density at radius 3 is 2.74 bits per heavy atom. The number of aryl methyl sites for hydroxylation is 1. The highest BCUT2D eigenvalue weighted by molar-refractivity contribution is 6.31. The maximum Gasteiger partial charge on any atom is 0.267 e. The van der Waals surface area contributed by atoms with Crippen LogP contribution in [0.15, 0.2) is 54.6 Å². The first kappa shape index (κ1) is 15.6. The summed E-state index contributed by atoms with van der Waals surface area (Å²) in [7, 11) is 0. The molecule has 1 atom stereocenters. The minimum atomic E-state index is -0.0853. The van der Waals surface area contributed by atoms with Gasteiger partial charge in [0.15, 0.2) is 0 Å². The van der Waals surface area contributed by atoms with Gasteiger partial charge in [-0.3, -0.25) is 4.79 Å². The Morgan fingerprint density at radius 1 is 1.17 bits per heavy atom. The van der Waals surface area contributed by atoms with Gasteiger partial charge in [-0.05, 0) is 49.6 Å². The third-order valence-electron chi connectivity index (χ3n) is 3.91. The van der Waals surface area contributed by atoms with E-state index in [1.54, 1.807) is 0 Å². The molecule has 2 aromatic carbocycles. The molecule has 2 N–H and O–H groups in total. The zero-order chi connectivity index (χ0) is 16.2. The van der Waals surface area contributed by atoms with Crippen molar-refractivity contribution >= 4 is 28.4 Å². The van der Waals surface area contributed by atoms with Gasteiger partial charge in [-0.2, -0.15) is 0 Å². The van der Waals surface area contributed by atoms with Gasteiger partial charge in [-0.15, -0.1) is 0 Å². The summed E-state index contributed by atoms with van der Waals surface area (Å²) in [6.07, 6.45) is 1.85. The van der Waals surface area contributed by atoms with E-state index in [1.165, 1.54) is 5.56 Å². The van der Waals surface area contributed by atoms with Gasteiger partial charge in [0.25, 0.3) is 5.91 Å². The van der Waals surface area contributed by atoms with E-state index in [2.05, 4.69) is 22.4 Å². The highest BCUT2D eigenvalue weighted by atomic mass is 35.5. The van der Waals surface area contributed by atoms with Crippen molar-refractivity contribution in [3.8, 4) is 0 Å². The molecule has 1 amide bonds. The van der Waals surface area contributed by atoms with E-state index in [1.807, 2.05) is 49.4 Å². The average molecular weight is 327 g/mol. The second-order valence-electron chi connectivity index (χ2n) is 5.81. The normalized spacial score (nSPS) is 12.3. The topological polar surface area (TPSA) is 44.9 Å². The summed E-state index contributed by atoms with van der Waals surface area (Å²) in [5, 5.41) is 4.65. The molecule has 0 bridgehead atoms. The van der Waals surface area contributed by atoms with Crippen LogP contribution in [0.2, 0.25) is 5.02 Å². The maximum absolute atomic E-state index is 12.3. The van der Waals surface area contributed by atoms with Crippen molar-refractivity contribution in [1.29, 1.82) is 0 Å². The predicted molar refractivity (Wildman–Crippen MR) is 95.0 cm³/mol. The number of fused-ring (bicyclic) bond motifs is 1. The molecule has 0 fully saturated rings. The quantitative estimate of drug-likeness (QED) is 0.708. The van der Waals surface area contributed by atoms with E-state index in [-0.39, 0.29) is 11.9 Å². The summed E-state index contributed by atoms with van der Waals surface area (Å²) >= 11 is 5.98. The molecule has 0 aliphatic heterocycles. The lowest BCUT2D eigenvalue weighted by Crippen LogP contribution is -2.33. The second-order valence-corrected chi connectivity index (χ2v) is 6.25. The van der Waals surface area contributed by atoms with Gasteiger partial charge in [-0.1, -0.05) is 41.9 Å². The molecule has 0 aliphatic carbocycles. The smallest absolute Gasteiger partial charge is 0.267 e. The highest BCUT2D eigenvalue weighted by Crippen LogP contribution is 2.20. The number of benzene rings is 2. The molecule has 3 aromatic rings. The van der Waals surface area contributed by atoms with Crippen LogP contribution >= 0.6 is 11.6 Å². The van der Waals surface area contributed by atoms with Gasteiger partial charge in [0.2, 0.25) is 0 Å². The van der Waals surface area contributed by atoms with E-state index in [0.717, 1.165) is 23.7 Å². The molecular weight excluding hydrogens is 308 g/mol. The number of hydrogen-bond acceptors (Lipinski definition) is 1. The van der Waals surface area contributed by atoms with Gasteiger partial charge in [0, 0.05) is 22.0 Å². The third-order valence-corrected chi connectivity index (χ3v) is 4.15. The van der Waals surface area contributed by atoms with Crippen molar-refractivity contribution in [3.63, 3.8) is 0 Å². The van der Waals surface area contributed by atoms with Gasteiger partial charge >= 0.3 is 0 Å². The molecule has 1 heterocycles. The van der Waals surface area contributed by atoms with Crippen LogP contribution in [0.25, 0.3) is 10.9 Å². The lowest BCUT2D eigenvalue weighted by molar-refractivity contribution is 0.0934. The first-order chi connectivity index (χ1) is 11.1. The lowest BCUT2D eigenvalue weighted by atomic mass is 10.1. The van der Waals surface area contributed by atoms with Crippen molar-refractivity contribution in [3.05, 3.63) is 70.9 Å². The molecule has 3 nitrogen and oxygen atoms in total. The molecule has 0 saturated heterocycles. The largest absolute Gasteiger partial charge is 0.351 e. The van der Waals surface area contributed by atoms with E-state index < -0.39 is 0 Å². The molecule has 23 heavy (non-hydrogen) atoms. The molecule has 118 valence electrons. The van der Waals surface area contributed by atoms with E-state index in [9.17, 15) is 4.79 Å². The summed E-state index contributed by atoms with van der Waals surface area (Å²) < 4.78 is 0. The average Bonchev–Trinajstić information content (AvgIpc) is 2.97. The number of nitrogens with one attached hydrogen (secondary N) is 2. The predicted octanol–water partition coefficient (Wildman–Crippen LogP) is 4.57. The number of amides is 1. The van der Waals surface area contributed by atoms with Gasteiger partial charge < -0.3 is 10.3 Å². The van der Waals surface area contributed by atoms with Crippen LogP contribution in [0, 0.1) is 0 Å². The number of halogens is 1. The summed E-state index contributed by atoms with van der Waals surface area (Å²) in [5.41, 5.74) is 2.76. The minimum absolute atomic E-state index is 0.0853. The van der Waals surface area contributed by atoms with Crippen LogP contribution in [-0.2, 0) is 6.42 Å². The highest BCUT2D eigenvalue weighted by Gasteiger charge is 2.12. The third kappa shape index (κ3) is 3.93. The first-order valence-corrected chi connectivity index (χ1v) is 8.12. The number of rotatable bonds is 5. The summed E-state index contributed by atoms with van der Waals surface area (Å²) in [6, 6.07) is 17.8. The molecule has 1 unspecified atom stereocenters. The van der Waals surface area contributed by atoms with Gasteiger partial charge in [-0.25, -0.2) is 0 Å². The summed E-state index contributed by atoms with van der Waals surface area (Å²) in [4.78, 5) is 15.5. The van der Waals surface area contributed by atoms with Gasteiger partial charge in [0.05, 0.1) is 0 Å². The zero-order valence-electron chi connectivity index (χ0n) is 13.0. The van der Waals surface area contributed by atoms with Crippen LogP contribution in [0.5, 0.6) is 0 Å². The van der Waals surface area contributed by atoms with Crippen LogP contribution in [0.3, 0.4) is 0 Å². The number of H-pyrrole nitrogens is 1. The maximum atomic E-state index is 12.3. The molecule has 3 rings (SSSR count). The Morgan fingerprint density at radius 2 is 1.96 bits per heavy atom. The molecule has 1 aromatic heterocycles. The molecule has 0 saturated carbocycles. The second kappa shape index (κ2) is 6.88. The van der Waals surface area contributed by atoms with Crippen LogP contribution in [0.1, 0.15) is 29.4 Å². The van der Waals surface area contributed by atoms with Crippen LogP contribution in [0.4, 0.5) is 0 Å². The number of aromatic amines is 1. The molecule has 0 spiro atoms. The van der Waals surface area contributed by atoms with Crippen molar-refractivity contribution in [2.45, 2.75) is 25.8 Å². The Hall–Kier alpha value is -2.26. The number of aromatic nitrogens is 1. The summed E-state index contributed by atoms with van der Waals surface area (Å²) in [6.45, 7) is 2.03. The lowest BCUT2D eigenvalue weighted by Gasteiger charge is -2.13. The van der Waals surface area contributed by atoms with Crippen molar-refractivity contribution < 1.29 is 4.79 Å². The molecular formula is C19H19ClN2O. The minimum Gasteiger partial charge on any atom is -0.351 e. The number of hydrogen-bond donors (Lipinski definition) is 2. The van der Waals surface area contributed by atoms with Crippen LogP contribution < -0.4 is 5.32 Å². The fraction of sp³-hybridized carbons (Fsp3) is 0.211. The van der Waals surface area contributed by atoms with E-state index >= 15 is 0 Å². The monoisotopic (exact) mass is 326 g/mol. The Labute approximate surface area is 140 Å². The van der Waals surface area contributed by atoms with E-state index in [0.29, 0.717) is 10.7 Å². The zero-order valence-corrected chi connectivity index (χ0v) is 13.7. The fourth-order valence-corrected chi connectivity index (χ4v) is 2.81. The van der Waals surface area contributed by atoms with Crippen molar-refractivity contribution in [2.75, 3.05) is 0 Å². The molecule has 0 aliphatic rings. The Kier molecular flexibility index (Phi) is 4.68. The number of carbonyl (C=O) groups is 1. The van der Waals surface area contributed by atoms with E-state index in [4.69, 9.17) is 11.6 Å². The first-order valence-electron chi connectivity index (χ1n) is 7.75.